The number of amides is 1. The molecule has 0 fully saturated rings. The van der Waals surface area contributed by atoms with E-state index in [1.807, 2.05) is 18.2 Å². The lowest BCUT2D eigenvalue weighted by Gasteiger charge is -2.26. The summed E-state index contributed by atoms with van der Waals surface area (Å²) in [5.41, 5.74) is 1.87. The number of anilines is 1. The van der Waals surface area contributed by atoms with Gasteiger partial charge in [-0.3, -0.25) is 4.79 Å². The van der Waals surface area contributed by atoms with Crippen molar-refractivity contribution in [3.8, 4) is 0 Å². The zero-order chi connectivity index (χ0) is 18.7. The van der Waals surface area contributed by atoms with Crippen LogP contribution in [-0.2, 0) is 25.5 Å². The Morgan fingerprint density at radius 3 is 2.50 bits per heavy atom. The summed E-state index contributed by atoms with van der Waals surface area (Å²) in [6, 6.07) is 16.0. The fraction of sp³-hybridized carbons (Fsp3) is 0.250. The van der Waals surface area contributed by atoms with Crippen molar-refractivity contribution in [3.63, 3.8) is 0 Å². The Labute approximate surface area is 151 Å². The highest BCUT2D eigenvalue weighted by atomic mass is 16.6. The molecule has 1 heterocycles. The highest BCUT2D eigenvalue weighted by molar-refractivity contribution is 5.98. The van der Waals surface area contributed by atoms with E-state index in [9.17, 15) is 14.4 Å². The molecule has 0 aliphatic carbocycles. The van der Waals surface area contributed by atoms with Gasteiger partial charge in [0, 0.05) is 19.2 Å². The summed E-state index contributed by atoms with van der Waals surface area (Å²) in [6.45, 7) is 1.50. The fourth-order valence-corrected chi connectivity index (χ4v) is 2.82. The van der Waals surface area contributed by atoms with Crippen molar-refractivity contribution in [2.45, 2.75) is 25.6 Å². The molecule has 0 aromatic heterocycles. The number of carbonyl (C=O) groups excluding carboxylic acids is 3. The molecule has 0 spiro atoms. The van der Waals surface area contributed by atoms with Crippen LogP contribution in [0.2, 0.25) is 0 Å². The minimum atomic E-state index is -1.05. The lowest BCUT2D eigenvalue weighted by atomic mass is 9.99. The van der Waals surface area contributed by atoms with Gasteiger partial charge < -0.3 is 14.4 Å². The smallest absolute Gasteiger partial charge is 0.348 e. The van der Waals surface area contributed by atoms with E-state index in [-0.39, 0.29) is 12.3 Å². The van der Waals surface area contributed by atoms with Crippen LogP contribution in [0.25, 0.3) is 0 Å². The van der Waals surface area contributed by atoms with E-state index in [0.717, 1.165) is 5.56 Å². The van der Waals surface area contributed by atoms with E-state index in [0.29, 0.717) is 11.3 Å². The number of para-hydroxylation sites is 1. The lowest BCUT2D eigenvalue weighted by Crippen LogP contribution is -2.42. The van der Waals surface area contributed by atoms with E-state index in [2.05, 4.69) is 0 Å². The largest absolute Gasteiger partial charge is 0.450 e. The van der Waals surface area contributed by atoms with Crippen LogP contribution in [0.4, 0.5) is 5.69 Å². The number of nitrogens with zero attached hydrogens (tertiary/aromatic N) is 1. The van der Waals surface area contributed by atoms with Crippen LogP contribution in [0, 0.1) is 0 Å². The molecule has 0 bridgehead atoms. The van der Waals surface area contributed by atoms with Crippen molar-refractivity contribution in [3.05, 3.63) is 65.7 Å². The predicted octanol–water partition coefficient (Wildman–Crippen LogP) is 2.36. The van der Waals surface area contributed by atoms with Gasteiger partial charge in [-0.1, -0.05) is 36.4 Å². The number of hydrogen-bond acceptors (Lipinski definition) is 5. The van der Waals surface area contributed by atoms with Gasteiger partial charge in [0.25, 0.3) is 5.91 Å². The van der Waals surface area contributed by atoms with Gasteiger partial charge in [-0.15, -0.1) is 0 Å². The zero-order valence-corrected chi connectivity index (χ0v) is 14.5. The van der Waals surface area contributed by atoms with Crippen LogP contribution in [0.3, 0.4) is 0 Å². The van der Waals surface area contributed by atoms with Gasteiger partial charge in [0.05, 0.1) is 5.56 Å². The Morgan fingerprint density at radius 2 is 1.77 bits per heavy atom. The second-order valence-corrected chi connectivity index (χ2v) is 6.07. The first-order valence-corrected chi connectivity index (χ1v) is 8.29. The van der Waals surface area contributed by atoms with E-state index < -0.39 is 24.1 Å². The number of rotatable bonds is 4. The summed E-state index contributed by atoms with van der Waals surface area (Å²) < 4.78 is 10.4. The molecule has 0 N–H and O–H groups in total. The second-order valence-electron chi connectivity index (χ2n) is 6.07. The van der Waals surface area contributed by atoms with Gasteiger partial charge in [-0.25, -0.2) is 9.59 Å². The topological polar surface area (TPSA) is 72.9 Å². The van der Waals surface area contributed by atoms with Crippen molar-refractivity contribution < 1.29 is 23.9 Å². The van der Waals surface area contributed by atoms with E-state index in [4.69, 9.17) is 9.47 Å². The summed E-state index contributed by atoms with van der Waals surface area (Å²) in [4.78, 5) is 38.2. The molecular weight excluding hydrogens is 334 g/mol. The quantitative estimate of drug-likeness (QED) is 0.789. The molecule has 0 unspecified atom stereocenters. The molecule has 6 nitrogen and oxygen atoms in total. The van der Waals surface area contributed by atoms with Crippen molar-refractivity contribution >= 4 is 23.5 Å². The summed E-state index contributed by atoms with van der Waals surface area (Å²) in [5, 5.41) is 0. The maximum absolute atomic E-state index is 12.5. The Balaban J connectivity index is 1.65. The van der Waals surface area contributed by atoms with Gasteiger partial charge in [0.2, 0.25) is 6.10 Å². The number of hydrogen-bond donors (Lipinski definition) is 0. The van der Waals surface area contributed by atoms with E-state index >= 15 is 0 Å². The van der Waals surface area contributed by atoms with Gasteiger partial charge in [-0.2, -0.15) is 0 Å². The molecule has 0 saturated heterocycles. The third-order valence-corrected chi connectivity index (χ3v) is 4.27. The highest BCUT2D eigenvalue weighted by Crippen LogP contribution is 2.22. The Morgan fingerprint density at radius 1 is 1.12 bits per heavy atom. The minimum absolute atomic E-state index is 0.232. The number of cyclic esters (lactones) is 1. The average Bonchev–Trinajstić information content (AvgIpc) is 2.67. The highest BCUT2D eigenvalue weighted by Gasteiger charge is 2.34. The molecule has 0 saturated carbocycles. The molecule has 134 valence electrons. The third-order valence-electron chi connectivity index (χ3n) is 4.27. The average molecular weight is 353 g/mol. The summed E-state index contributed by atoms with van der Waals surface area (Å²) in [6.07, 6.45) is -1.81. The first-order valence-electron chi connectivity index (χ1n) is 8.29. The van der Waals surface area contributed by atoms with Crippen LogP contribution in [-0.4, -0.2) is 37.1 Å². The maximum atomic E-state index is 12.5. The van der Waals surface area contributed by atoms with Crippen LogP contribution in [0.1, 0.15) is 22.8 Å². The molecule has 26 heavy (non-hydrogen) atoms. The number of benzene rings is 2. The van der Waals surface area contributed by atoms with Crippen LogP contribution >= 0.6 is 0 Å². The molecule has 2 atom stereocenters. The maximum Gasteiger partial charge on any atom is 0.348 e. The van der Waals surface area contributed by atoms with Gasteiger partial charge in [-0.05, 0) is 30.7 Å². The van der Waals surface area contributed by atoms with Gasteiger partial charge >= 0.3 is 11.9 Å². The Hall–Kier alpha value is -3.15. The first-order chi connectivity index (χ1) is 12.5. The van der Waals surface area contributed by atoms with Crippen molar-refractivity contribution in [2.75, 3.05) is 11.9 Å². The SMILES string of the molecule is C[C@H](OC(=O)[C@H]1Cc2ccccc2C(=O)O1)C(=O)N(C)c1ccccc1. The number of ether oxygens (including phenoxy) is 2. The van der Waals surface area contributed by atoms with Crippen LogP contribution in [0.5, 0.6) is 0 Å². The summed E-state index contributed by atoms with van der Waals surface area (Å²) in [7, 11) is 1.61. The second kappa shape index (κ2) is 7.39. The number of fused-ring (bicyclic) bond motifs is 1. The Kier molecular flexibility index (Phi) is 5.02. The Bertz CT molecular complexity index is 833. The predicted molar refractivity (Wildman–Crippen MR) is 94.8 cm³/mol. The zero-order valence-electron chi connectivity index (χ0n) is 14.5. The molecular formula is C20H19NO5. The fourth-order valence-electron chi connectivity index (χ4n) is 2.82. The first kappa shape index (κ1) is 17.7. The molecule has 2 aromatic carbocycles. The normalized spacial score (nSPS) is 16.8. The van der Waals surface area contributed by atoms with Crippen LogP contribution in [0.15, 0.2) is 54.6 Å². The standard InChI is InChI=1S/C20H19NO5/c1-13(18(22)21(2)15-9-4-3-5-10-15)25-20(24)17-12-14-8-6-7-11-16(14)19(23)26-17/h3-11,13,17H,12H2,1-2H3/t13-,17+/m0/s1. The summed E-state index contributed by atoms with van der Waals surface area (Å²) >= 11 is 0. The van der Waals surface area contributed by atoms with Crippen molar-refractivity contribution in [1.82, 2.24) is 0 Å². The van der Waals surface area contributed by atoms with E-state index in [1.165, 1.54) is 11.8 Å². The van der Waals surface area contributed by atoms with Crippen LogP contribution < -0.4 is 4.90 Å². The third kappa shape index (κ3) is 3.59. The summed E-state index contributed by atoms with van der Waals surface area (Å²) in [5.74, 6) is -1.66. The minimum Gasteiger partial charge on any atom is -0.450 e. The molecule has 1 aliphatic heterocycles. The molecule has 0 radical (unpaired) electrons. The number of carbonyl (C=O) groups is 3. The molecule has 2 aromatic rings. The monoisotopic (exact) mass is 353 g/mol. The van der Waals surface area contributed by atoms with Gasteiger partial charge in [0.15, 0.2) is 6.10 Å². The van der Waals surface area contributed by atoms with Gasteiger partial charge in [0.1, 0.15) is 0 Å². The van der Waals surface area contributed by atoms with Crippen molar-refractivity contribution in [2.24, 2.45) is 0 Å². The number of esters is 2. The molecule has 1 aliphatic rings. The number of likely N-dealkylation sites (N-methyl/N-ethyl adjacent to an activating group) is 1. The lowest BCUT2D eigenvalue weighted by molar-refractivity contribution is -0.162. The molecule has 3 rings (SSSR count). The van der Waals surface area contributed by atoms with Crippen molar-refractivity contribution in [1.29, 1.82) is 0 Å². The molecule has 1 amide bonds. The molecule has 6 heteroatoms. The van der Waals surface area contributed by atoms with E-state index in [1.54, 1.807) is 43.4 Å².